The van der Waals surface area contributed by atoms with Crippen LogP contribution in [0.2, 0.25) is 0 Å². The maximum absolute atomic E-state index is 11.7. The van der Waals surface area contributed by atoms with E-state index in [1.807, 2.05) is 54.6 Å². The van der Waals surface area contributed by atoms with Crippen LogP contribution >= 0.6 is 0 Å². The number of carbonyl (C=O) groups excluding carboxylic acids is 2. The largest absolute Gasteiger partial charge is 0.485 e. The second kappa shape index (κ2) is 6.66. The lowest BCUT2D eigenvalue weighted by atomic mass is 9.96. The van der Waals surface area contributed by atoms with Gasteiger partial charge in [-0.05, 0) is 17.7 Å². The summed E-state index contributed by atoms with van der Waals surface area (Å²) in [6.07, 6.45) is 0.276. The molecule has 3 rings (SSSR count). The molecule has 0 fully saturated rings. The van der Waals surface area contributed by atoms with Gasteiger partial charge in [-0.1, -0.05) is 42.5 Å². The van der Waals surface area contributed by atoms with Crippen LogP contribution in [0.1, 0.15) is 37.5 Å². The van der Waals surface area contributed by atoms with Crippen LogP contribution in [0.4, 0.5) is 0 Å². The molecule has 0 unspecified atom stereocenters. The number of fused-ring (bicyclic) bond motifs is 1. The zero-order chi connectivity index (χ0) is 17.1. The van der Waals surface area contributed by atoms with Crippen LogP contribution in [0, 0.1) is 0 Å². The second-order valence-electron chi connectivity index (χ2n) is 5.61. The van der Waals surface area contributed by atoms with Crippen LogP contribution in [0.5, 0.6) is 5.75 Å². The number of amides is 2. The van der Waals surface area contributed by atoms with Crippen molar-refractivity contribution in [3.63, 3.8) is 0 Å². The molecule has 1 heterocycles. The number of carbonyl (C=O) groups is 2. The molecular weight excluding hydrogens is 304 g/mol. The Morgan fingerprint density at radius 2 is 1.62 bits per heavy atom. The first-order chi connectivity index (χ1) is 11.6. The average Bonchev–Trinajstić information content (AvgIpc) is 2.59. The van der Waals surface area contributed by atoms with Crippen molar-refractivity contribution in [3.05, 3.63) is 65.7 Å². The van der Waals surface area contributed by atoms with E-state index in [0.29, 0.717) is 17.9 Å². The summed E-state index contributed by atoms with van der Waals surface area (Å²) in [6, 6.07) is 17.3. The van der Waals surface area contributed by atoms with Gasteiger partial charge in [-0.25, -0.2) is 0 Å². The van der Waals surface area contributed by atoms with Gasteiger partial charge in [0.2, 0.25) is 11.8 Å². The van der Waals surface area contributed by atoms with Crippen molar-refractivity contribution in [2.75, 3.05) is 0 Å². The number of hydrazone groups is 1. The molecular formula is C19H18N2O3. The van der Waals surface area contributed by atoms with Gasteiger partial charge in [0.25, 0.3) is 0 Å². The van der Waals surface area contributed by atoms with Gasteiger partial charge in [0.15, 0.2) is 0 Å². The normalized spacial score (nSPS) is 17.8. The Morgan fingerprint density at radius 1 is 1.00 bits per heavy atom. The first-order valence-electron chi connectivity index (χ1n) is 7.76. The summed E-state index contributed by atoms with van der Waals surface area (Å²) in [5.41, 5.74) is 2.49. The first kappa shape index (κ1) is 15.9. The number of hydrogen-bond donors (Lipinski definition) is 0. The zero-order valence-electron chi connectivity index (χ0n) is 13.6. The summed E-state index contributed by atoms with van der Waals surface area (Å²) >= 11 is 0. The van der Waals surface area contributed by atoms with Gasteiger partial charge in [-0.3, -0.25) is 9.59 Å². The fourth-order valence-corrected chi connectivity index (χ4v) is 2.72. The fraction of sp³-hybridized carbons (Fsp3) is 0.211. The molecule has 0 spiro atoms. The third-order valence-electron chi connectivity index (χ3n) is 3.83. The smallest absolute Gasteiger partial charge is 0.246 e. The number of benzene rings is 2. The number of para-hydroxylation sites is 1. The molecule has 2 amide bonds. The Hall–Kier alpha value is -2.95. The molecule has 5 nitrogen and oxygen atoms in total. The lowest BCUT2D eigenvalue weighted by Crippen LogP contribution is -2.31. The van der Waals surface area contributed by atoms with Gasteiger partial charge in [0, 0.05) is 25.8 Å². The SMILES string of the molecule is CC(=O)N(N=C1C[C@@H](c2ccccc2)Oc2ccccc21)C(C)=O. The summed E-state index contributed by atoms with van der Waals surface area (Å²) in [6.45, 7) is 2.65. The lowest BCUT2D eigenvalue weighted by molar-refractivity contribution is -0.142. The van der Waals surface area contributed by atoms with Gasteiger partial charge in [-0.15, -0.1) is 0 Å². The van der Waals surface area contributed by atoms with E-state index in [4.69, 9.17) is 4.74 Å². The maximum Gasteiger partial charge on any atom is 0.246 e. The third kappa shape index (κ3) is 3.20. The highest BCUT2D eigenvalue weighted by Gasteiger charge is 2.27. The molecule has 0 aliphatic carbocycles. The Labute approximate surface area is 140 Å². The van der Waals surface area contributed by atoms with Crippen LogP contribution in [-0.4, -0.2) is 22.5 Å². The molecule has 24 heavy (non-hydrogen) atoms. The highest BCUT2D eigenvalue weighted by molar-refractivity contribution is 6.05. The molecule has 5 heteroatoms. The van der Waals surface area contributed by atoms with E-state index in [1.165, 1.54) is 13.8 Å². The maximum atomic E-state index is 11.7. The van der Waals surface area contributed by atoms with Crippen molar-refractivity contribution < 1.29 is 14.3 Å². The number of nitrogens with zero attached hydrogens (tertiary/aromatic N) is 2. The summed E-state index contributed by atoms with van der Waals surface area (Å²) in [7, 11) is 0. The molecule has 1 atom stereocenters. The quantitative estimate of drug-likeness (QED) is 0.797. The Kier molecular flexibility index (Phi) is 4.42. The number of rotatable bonds is 2. The van der Waals surface area contributed by atoms with Crippen molar-refractivity contribution in [2.24, 2.45) is 5.10 Å². The molecule has 0 aromatic heterocycles. The number of hydrogen-bond acceptors (Lipinski definition) is 4. The average molecular weight is 322 g/mol. The lowest BCUT2D eigenvalue weighted by Gasteiger charge is -2.28. The van der Waals surface area contributed by atoms with Gasteiger partial charge in [-0.2, -0.15) is 10.1 Å². The summed E-state index contributed by atoms with van der Waals surface area (Å²) in [5, 5.41) is 5.22. The van der Waals surface area contributed by atoms with Gasteiger partial charge < -0.3 is 4.74 Å². The highest BCUT2D eigenvalue weighted by Crippen LogP contribution is 2.35. The minimum absolute atomic E-state index is 0.208. The zero-order valence-corrected chi connectivity index (χ0v) is 13.6. The second-order valence-corrected chi connectivity index (χ2v) is 5.61. The van der Waals surface area contributed by atoms with E-state index in [2.05, 4.69) is 5.10 Å². The topological polar surface area (TPSA) is 59.0 Å². The predicted octanol–water partition coefficient (Wildman–Crippen LogP) is 3.31. The summed E-state index contributed by atoms with van der Waals surface area (Å²) in [5.74, 6) is -0.117. The molecule has 122 valence electrons. The first-order valence-corrected chi connectivity index (χ1v) is 7.76. The van der Waals surface area contributed by atoms with Crippen molar-refractivity contribution in [3.8, 4) is 5.75 Å². The van der Waals surface area contributed by atoms with Crippen LogP contribution in [-0.2, 0) is 9.59 Å². The highest BCUT2D eigenvalue weighted by atomic mass is 16.5. The van der Waals surface area contributed by atoms with E-state index in [-0.39, 0.29) is 6.10 Å². The molecule has 2 aromatic carbocycles. The Bertz CT molecular complexity index is 785. The number of ether oxygens (including phenoxy) is 1. The standard InChI is InChI=1S/C19H18N2O3/c1-13(22)21(14(2)23)20-17-12-19(15-8-4-3-5-9-15)24-18-11-7-6-10-16(17)18/h3-11,19H,12H2,1-2H3/t19-/m0/s1. The summed E-state index contributed by atoms with van der Waals surface area (Å²) < 4.78 is 6.08. The number of imide groups is 1. The molecule has 0 radical (unpaired) electrons. The van der Waals surface area contributed by atoms with E-state index in [0.717, 1.165) is 16.1 Å². The van der Waals surface area contributed by atoms with Crippen LogP contribution in [0.15, 0.2) is 59.7 Å². The van der Waals surface area contributed by atoms with Gasteiger partial charge in [0.1, 0.15) is 11.9 Å². The van der Waals surface area contributed by atoms with E-state index in [9.17, 15) is 9.59 Å². The van der Waals surface area contributed by atoms with Crippen molar-refractivity contribution >= 4 is 17.5 Å². The van der Waals surface area contributed by atoms with E-state index >= 15 is 0 Å². The minimum Gasteiger partial charge on any atom is -0.485 e. The van der Waals surface area contributed by atoms with Gasteiger partial charge >= 0.3 is 0 Å². The van der Waals surface area contributed by atoms with Crippen molar-refractivity contribution in [1.82, 2.24) is 5.01 Å². The molecule has 2 aromatic rings. The Balaban J connectivity index is 2.04. The monoisotopic (exact) mass is 322 g/mol. The minimum atomic E-state index is -0.407. The van der Waals surface area contributed by atoms with Gasteiger partial charge in [0.05, 0.1) is 5.71 Å². The molecule has 1 aliphatic heterocycles. The van der Waals surface area contributed by atoms with E-state index in [1.54, 1.807) is 0 Å². The van der Waals surface area contributed by atoms with Crippen molar-refractivity contribution in [2.45, 2.75) is 26.4 Å². The molecule has 1 aliphatic rings. The Morgan fingerprint density at radius 3 is 2.29 bits per heavy atom. The van der Waals surface area contributed by atoms with Crippen molar-refractivity contribution in [1.29, 1.82) is 0 Å². The van der Waals surface area contributed by atoms with Crippen LogP contribution < -0.4 is 4.74 Å². The van der Waals surface area contributed by atoms with E-state index < -0.39 is 11.8 Å². The summed E-state index contributed by atoms with van der Waals surface area (Å²) in [4.78, 5) is 23.4. The molecule has 0 N–H and O–H groups in total. The van der Waals surface area contributed by atoms with Crippen LogP contribution in [0.25, 0.3) is 0 Å². The fourth-order valence-electron chi connectivity index (χ4n) is 2.72. The predicted molar refractivity (Wildman–Crippen MR) is 90.6 cm³/mol. The van der Waals surface area contributed by atoms with Crippen LogP contribution in [0.3, 0.4) is 0 Å². The third-order valence-corrected chi connectivity index (χ3v) is 3.83. The molecule has 0 bridgehead atoms. The molecule has 0 saturated carbocycles. The molecule has 0 saturated heterocycles.